The van der Waals surface area contributed by atoms with Gasteiger partial charge in [0.05, 0.1) is 16.5 Å². The van der Waals surface area contributed by atoms with Gasteiger partial charge >= 0.3 is 14.6 Å². The van der Waals surface area contributed by atoms with Crippen LogP contribution in [0.4, 0.5) is 0 Å². The van der Waals surface area contributed by atoms with E-state index in [0.29, 0.717) is 6.42 Å². The number of aldehydes is 1. The lowest BCUT2D eigenvalue weighted by atomic mass is 9.56. The summed E-state index contributed by atoms with van der Waals surface area (Å²) in [4.78, 5) is 22.9. The lowest BCUT2D eigenvalue weighted by Crippen LogP contribution is -2.41. The molecule has 133 valence electrons. The van der Waals surface area contributed by atoms with Crippen molar-refractivity contribution in [3.05, 3.63) is 0 Å². The number of Topliss-reactive ketones (excluding diaryl/α,β-unsaturated/α-hetero) is 1. The zero-order valence-electron chi connectivity index (χ0n) is 15.4. The van der Waals surface area contributed by atoms with Gasteiger partial charge in [0, 0.05) is 6.42 Å². The van der Waals surface area contributed by atoms with Gasteiger partial charge in [-0.25, -0.2) is 0 Å². The third-order valence-electron chi connectivity index (χ3n) is 5.13. The van der Waals surface area contributed by atoms with E-state index >= 15 is 0 Å². The minimum absolute atomic E-state index is 0.0622. The van der Waals surface area contributed by atoms with E-state index in [-0.39, 0.29) is 30.5 Å². The van der Waals surface area contributed by atoms with Crippen molar-refractivity contribution in [2.45, 2.75) is 83.1 Å². The Morgan fingerprint density at radius 3 is 2.29 bits per heavy atom. The molecule has 1 radical (unpaired) electrons. The first-order chi connectivity index (χ1) is 11.1. The average molecular weight is 336 g/mol. The van der Waals surface area contributed by atoms with Gasteiger partial charge in [-0.2, -0.15) is 0 Å². The Labute approximate surface area is 145 Å². The first-order valence-electron chi connectivity index (χ1n) is 8.39. The van der Waals surface area contributed by atoms with Gasteiger partial charge in [-0.1, -0.05) is 12.8 Å². The van der Waals surface area contributed by atoms with Crippen molar-refractivity contribution < 1.29 is 23.6 Å². The van der Waals surface area contributed by atoms with Crippen molar-refractivity contribution >= 4 is 33.1 Å². The van der Waals surface area contributed by atoms with Gasteiger partial charge in [0.1, 0.15) is 18.5 Å². The zero-order valence-corrected chi connectivity index (χ0v) is 15.4. The fraction of sp³-hybridized carbons (Fsp3) is 0.812. The Morgan fingerprint density at radius 1 is 1.25 bits per heavy atom. The Kier molecular flexibility index (Phi) is 7.23. The molecule has 0 aromatic heterocycles. The first-order valence-corrected chi connectivity index (χ1v) is 8.39. The van der Waals surface area contributed by atoms with Crippen LogP contribution in [0.3, 0.4) is 0 Å². The highest BCUT2D eigenvalue weighted by Crippen LogP contribution is 2.39. The molecule has 0 bridgehead atoms. The number of carbonyl (C=O) groups is 2. The smallest absolute Gasteiger partial charge is 0.457 e. The highest BCUT2D eigenvalue weighted by molar-refractivity contribution is 6.45. The largest absolute Gasteiger partial charge is 0.555 e. The topological polar surface area (TPSA) is 85.7 Å². The average Bonchev–Trinajstić information content (AvgIpc) is 2.68. The summed E-state index contributed by atoms with van der Waals surface area (Å²) in [6.45, 7) is 9.51. The normalized spacial score (nSPS) is 21.0. The number of rotatable bonds is 11. The van der Waals surface area contributed by atoms with E-state index in [1.165, 1.54) is 14.4 Å². The zero-order chi connectivity index (χ0) is 18.4. The highest BCUT2D eigenvalue weighted by Gasteiger charge is 2.50. The lowest BCUT2D eigenvalue weighted by molar-refractivity contribution is -0.122. The summed E-state index contributed by atoms with van der Waals surface area (Å²) >= 11 is 0. The van der Waals surface area contributed by atoms with Gasteiger partial charge < -0.3 is 23.6 Å². The third kappa shape index (κ3) is 4.93. The molecule has 0 spiro atoms. The second kappa shape index (κ2) is 8.30. The van der Waals surface area contributed by atoms with Crippen LogP contribution in [0.5, 0.6) is 0 Å². The van der Waals surface area contributed by atoms with Crippen LogP contribution in [-0.4, -0.2) is 44.3 Å². The molecular formula is C16H28B2NO5. The van der Waals surface area contributed by atoms with E-state index in [9.17, 15) is 9.59 Å². The third-order valence-corrected chi connectivity index (χ3v) is 5.13. The Morgan fingerprint density at radius 2 is 1.83 bits per heavy atom. The number of hydrogen-bond acceptors (Lipinski definition) is 6. The Hall–Kier alpha value is -1.14. The molecule has 24 heavy (non-hydrogen) atoms. The minimum Gasteiger partial charge on any atom is -0.555 e. The first kappa shape index (κ1) is 20.9. The SMILES string of the molecule is CC(=O)C([B]OC=N)(CC=O)CCCCB1OC(C)(C)C(C)(C)O1. The van der Waals surface area contributed by atoms with Gasteiger partial charge in [0.2, 0.25) is 0 Å². The standard InChI is InChI=1S/C16H28B2NO5/c1-13(21)16(9-11-20,17-22-12-19)8-6-7-10-18-23-14(2,3)15(4,5)24-18/h11-12,19H,6-10H2,1-5H3. The number of unbranched alkanes of at least 4 members (excludes halogenated alkanes) is 1. The quantitative estimate of drug-likeness (QED) is 0.206. The van der Waals surface area contributed by atoms with Crippen molar-refractivity contribution in [2.75, 3.05) is 0 Å². The van der Waals surface area contributed by atoms with Gasteiger partial charge in [-0.15, -0.1) is 0 Å². The number of carbonyl (C=O) groups excluding carboxylic acids is 2. The Bertz CT molecular complexity index is 453. The summed E-state index contributed by atoms with van der Waals surface area (Å²) in [5.74, 6) is -0.132. The summed E-state index contributed by atoms with van der Waals surface area (Å²) in [5.41, 5.74) is -0.687. The van der Waals surface area contributed by atoms with E-state index in [1.54, 1.807) is 0 Å². The van der Waals surface area contributed by atoms with E-state index in [4.69, 9.17) is 19.4 Å². The van der Waals surface area contributed by atoms with E-state index in [0.717, 1.165) is 31.8 Å². The van der Waals surface area contributed by atoms with Gasteiger partial charge in [0.15, 0.2) is 0 Å². The fourth-order valence-electron chi connectivity index (χ4n) is 2.76. The van der Waals surface area contributed by atoms with Crippen LogP contribution in [0, 0.1) is 5.41 Å². The van der Waals surface area contributed by atoms with E-state index < -0.39 is 5.31 Å². The summed E-state index contributed by atoms with van der Waals surface area (Å²) < 4.78 is 16.8. The van der Waals surface area contributed by atoms with Gasteiger partial charge in [-0.3, -0.25) is 5.41 Å². The Balaban J connectivity index is 2.52. The van der Waals surface area contributed by atoms with Crippen LogP contribution in [-0.2, 0) is 23.6 Å². The second-order valence-electron chi connectivity index (χ2n) is 7.39. The fourth-order valence-corrected chi connectivity index (χ4v) is 2.76. The molecule has 1 aliphatic heterocycles. The van der Waals surface area contributed by atoms with Crippen molar-refractivity contribution in [1.82, 2.24) is 0 Å². The lowest BCUT2D eigenvalue weighted by Gasteiger charge is -2.32. The van der Waals surface area contributed by atoms with Crippen LogP contribution >= 0.6 is 0 Å². The number of hydrogen-bond donors (Lipinski definition) is 1. The monoisotopic (exact) mass is 336 g/mol. The summed E-state index contributed by atoms with van der Waals surface area (Å²) in [5, 5.41) is 5.98. The summed E-state index contributed by atoms with van der Waals surface area (Å²) in [6.07, 6.45) is 4.30. The molecule has 0 aromatic rings. The van der Waals surface area contributed by atoms with Crippen molar-refractivity contribution in [3.63, 3.8) is 0 Å². The van der Waals surface area contributed by atoms with Crippen molar-refractivity contribution in [3.8, 4) is 0 Å². The van der Waals surface area contributed by atoms with Gasteiger partial charge in [-0.05, 0) is 47.4 Å². The molecule has 1 fully saturated rings. The molecule has 1 unspecified atom stereocenters. The maximum absolute atomic E-state index is 12.0. The molecule has 0 amide bonds. The molecule has 0 aliphatic carbocycles. The van der Waals surface area contributed by atoms with Crippen LogP contribution in [0.2, 0.25) is 11.6 Å². The predicted octanol–water partition coefficient (Wildman–Crippen LogP) is 2.83. The molecule has 1 aliphatic rings. The van der Waals surface area contributed by atoms with Crippen LogP contribution in [0.1, 0.15) is 60.3 Å². The molecule has 1 atom stereocenters. The van der Waals surface area contributed by atoms with E-state index in [1.807, 2.05) is 27.7 Å². The van der Waals surface area contributed by atoms with E-state index in [2.05, 4.69) is 0 Å². The minimum atomic E-state index is -0.963. The van der Waals surface area contributed by atoms with Crippen molar-refractivity contribution in [1.29, 1.82) is 5.41 Å². The molecule has 1 rings (SSSR count). The molecule has 1 N–H and O–H groups in total. The molecule has 8 heteroatoms. The summed E-state index contributed by atoms with van der Waals surface area (Å²) in [6, 6.07) is 0. The van der Waals surface area contributed by atoms with Crippen LogP contribution in [0.15, 0.2) is 0 Å². The number of nitrogens with one attached hydrogen (secondary N) is 1. The highest BCUT2D eigenvalue weighted by atomic mass is 16.7. The van der Waals surface area contributed by atoms with Gasteiger partial charge in [0.25, 0.3) is 0 Å². The molecule has 1 heterocycles. The van der Waals surface area contributed by atoms with Crippen LogP contribution < -0.4 is 0 Å². The number of ketones is 1. The maximum Gasteiger partial charge on any atom is 0.457 e. The molecule has 0 aromatic carbocycles. The predicted molar refractivity (Wildman–Crippen MR) is 94.4 cm³/mol. The van der Waals surface area contributed by atoms with Crippen LogP contribution in [0.25, 0.3) is 0 Å². The molecule has 0 saturated carbocycles. The molecular weight excluding hydrogens is 308 g/mol. The summed E-state index contributed by atoms with van der Waals surface area (Å²) in [7, 11) is 1.06. The maximum atomic E-state index is 12.0. The van der Waals surface area contributed by atoms with Crippen molar-refractivity contribution in [2.24, 2.45) is 0 Å². The second-order valence-corrected chi connectivity index (χ2v) is 7.39. The molecule has 1 saturated heterocycles. The molecule has 6 nitrogen and oxygen atoms in total.